The molecule has 4 aliphatic heterocycles. The number of nitrogen functional groups attached to an aromatic ring is 1. The zero-order valence-electron chi connectivity index (χ0n) is 32.6. The van der Waals surface area contributed by atoms with Crippen molar-refractivity contribution >= 4 is 41.4 Å². The Morgan fingerprint density at radius 1 is 0.919 bits per heavy atom. The Hall–Kier alpha value is -6.84. The summed E-state index contributed by atoms with van der Waals surface area (Å²) in [5.74, 6) is -6.52. The van der Waals surface area contributed by atoms with Crippen molar-refractivity contribution in [3.05, 3.63) is 94.8 Å². The molecule has 4 aliphatic rings. The lowest BCUT2D eigenvalue weighted by molar-refractivity contribution is -0.286. The van der Waals surface area contributed by atoms with Crippen LogP contribution < -0.4 is 25.8 Å². The van der Waals surface area contributed by atoms with Gasteiger partial charge in [0.25, 0.3) is 0 Å². The van der Waals surface area contributed by atoms with E-state index in [1.165, 1.54) is 68.7 Å². The van der Waals surface area contributed by atoms with Crippen molar-refractivity contribution in [2.45, 2.75) is 81.9 Å². The number of likely N-dealkylation sites (tertiary alicyclic amines) is 2. The second-order valence-electron chi connectivity index (χ2n) is 15.4. The Bertz CT molecular complexity index is 2390. The minimum absolute atomic E-state index is 0.0176. The Kier molecular flexibility index (Phi) is 11.1. The number of carboxylic acids is 2. The van der Waals surface area contributed by atoms with Crippen LogP contribution in [0.3, 0.4) is 0 Å². The molecule has 17 nitrogen and oxygen atoms in total. The van der Waals surface area contributed by atoms with Gasteiger partial charge in [-0.3, -0.25) is 14.7 Å². The number of pyridine rings is 1. The first-order chi connectivity index (χ1) is 29.1. The molecule has 2 fully saturated rings. The Morgan fingerprint density at radius 3 is 2.19 bits per heavy atom. The second kappa shape index (κ2) is 15.9. The highest BCUT2D eigenvalue weighted by Gasteiger charge is 2.62. The quantitative estimate of drug-likeness (QED) is 0.112. The van der Waals surface area contributed by atoms with Crippen molar-refractivity contribution in [1.82, 2.24) is 25.4 Å². The number of urea groups is 2. The number of nitrogens with two attached hydrogens (primary N) is 1. The number of ether oxygens (including phenoxy) is 2. The summed E-state index contributed by atoms with van der Waals surface area (Å²) in [5, 5.41) is 35.5. The van der Waals surface area contributed by atoms with Gasteiger partial charge in [-0.2, -0.15) is 13.2 Å². The van der Waals surface area contributed by atoms with Gasteiger partial charge in [-0.15, -0.1) is 8.78 Å². The number of carbonyl (C=O) groups excluding carboxylic acids is 3. The number of aliphatic carboxylic acids is 2. The SMILES string of the molecule is C[C@@H](NC(=O)N1[C@H](C(=O)O)[C@@H](CC2=CN=C(c3ccc([C@H](NC(=O)N4C(=O)[C@H](Cc5ccnc(N)c5)[C@H]4C(=O)O)C(F)(F)F)cc3)CC2)[C@@]1(C)O)c1ccc2c(c1)OC(F)(F)O2. The Balaban J connectivity index is 0.984. The first kappa shape index (κ1) is 43.3. The number of aromatic nitrogens is 1. The lowest BCUT2D eigenvalue weighted by atomic mass is 9.73. The third-order valence-corrected chi connectivity index (χ3v) is 11.3. The molecule has 0 aliphatic carbocycles. The number of aliphatic hydroxyl groups is 1. The number of aliphatic imine (C=N–C) groups is 1. The molecular weight excluding hydrogens is 833 g/mol. The highest BCUT2D eigenvalue weighted by atomic mass is 19.4. The molecular formula is C40H38F5N7O10. The van der Waals surface area contributed by atoms with E-state index in [0.29, 0.717) is 34.4 Å². The predicted octanol–water partition coefficient (Wildman–Crippen LogP) is 4.87. The number of hydrogen-bond acceptors (Lipinski definition) is 11. The van der Waals surface area contributed by atoms with Gasteiger partial charge in [0.2, 0.25) is 5.91 Å². The smallest absolute Gasteiger partial charge is 0.480 e. The topological polar surface area (TPSA) is 246 Å². The molecule has 0 bridgehead atoms. The number of alkyl halides is 5. The first-order valence-corrected chi connectivity index (χ1v) is 19.0. The number of anilines is 1. The fraction of sp³-hybridized carbons (Fsp3) is 0.375. The predicted molar refractivity (Wildman–Crippen MR) is 203 cm³/mol. The van der Waals surface area contributed by atoms with Crippen molar-refractivity contribution < 1.29 is 70.7 Å². The molecule has 1 aromatic heterocycles. The maximum Gasteiger partial charge on any atom is 0.586 e. The number of allylic oxidation sites excluding steroid dienone is 1. The minimum atomic E-state index is -5.06. The van der Waals surface area contributed by atoms with E-state index in [4.69, 9.17) is 5.73 Å². The third-order valence-electron chi connectivity index (χ3n) is 11.3. The molecule has 5 amide bonds. The van der Waals surface area contributed by atoms with Crippen molar-refractivity contribution in [1.29, 1.82) is 0 Å². The van der Waals surface area contributed by atoms with Crippen LogP contribution in [-0.2, 0) is 20.8 Å². The van der Waals surface area contributed by atoms with E-state index in [2.05, 4.69) is 24.8 Å². The fourth-order valence-electron chi connectivity index (χ4n) is 8.13. The number of fused-ring (bicyclic) bond motifs is 1. The van der Waals surface area contributed by atoms with Crippen LogP contribution in [0.25, 0.3) is 0 Å². The van der Waals surface area contributed by atoms with Crippen LogP contribution >= 0.6 is 0 Å². The first-order valence-electron chi connectivity index (χ1n) is 19.0. The van der Waals surface area contributed by atoms with Gasteiger partial charge in [-0.25, -0.2) is 29.1 Å². The summed E-state index contributed by atoms with van der Waals surface area (Å²) < 4.78 is 78.8. The van der Waals surface area contributed by atoms with Crippen LogP contribution in [0, 0.1) is 11.8 Å². The van der Waals surface area contributed by atoms with Crippen molar-refractivity contribution in [3.63, 3.8) is 0 Å². The van der Waals surface area contributed by atoms with Crippen molar-refractivity contribution in [2.24, 2.45) is 16.8 Å². The number of imide groups is 1. The molecule has 5 heterocycles. The van der Waals surface area contributed by atoms with Gasteiger partial charge in [0.1, 0.15) is 17.6 Å². The number of amides is 5. The van der Waals surface area contributed by atoms with E-state index in [9.17, 15) is 61.2 Å². The number of rotatable bonds is 11. The fourth-order valence-corrected chi connectivity index (χ4v) is 8.13. The molecule has 62 heavy (non-hydrogen) atoms. The molecule has 3 aromatic rings. The number of benzene rings is 2. The molecule has 2 saturated heterocycles. The van der Waals surface area contributed by atoms with Gasteiger partial charge in [0, 0.05) is 24.0 Å². The van der Waals surface area contributed by atoms with Crippen LogP contribution in [0.5, 0.6) is 11.5 Å². The van der Waals surface area contributed by atoms with Crippen LogP contribution in [0.4, 0.5) is 37.4 Å². The highest BCUT2D eigenvalue weighted by Crippen LogP contribution is 2.46. The largest absolute Gasteiger partial charge is 0.586 e. The normalized spacial score (nSPS) is 24.7. The highest BCUT2D eigenvalue weighted by molar-refractivity contribution is 6.07. The maximum atomic E-state index is 14.3. The molecule has 7 N–H and O–H groups in total. The molecule has 0 spiro atoms. The van der Waals surface area contributed by atoms with Gasteiger partial charge in [0.05, 0.1) is 12.0 Å². The molecule has 22 heteroatoms. The molecule has 0 unspecified atom stereocenters. The van der Waals surface area contributed by atoms with Gasteiger partial charge in [-0.1, -0.05) is 35.9 Å². The Morgan fingerprint density at radius 2 is 1.58 bits per heavy atom. The molecule has 2 aromatic carbocycles. The molecule has 328 valence electrons. The molecule has 7 rings (SSSR count). The van der Waals surface area contributed by atoms with E-state index in [0.717, 1.165) is 17.0 Å². The number of carboxylic acid groups (broad SMARTS) is 2. The summed E-state index contributed by atoms with van der Waals surface area (Å²) in [6, 6.07) is 2.55. The van der Waals surface area contributed by atoms with Crippen LogP contribution in [0.1, 0.15) is 67.4 Å². The monoisotopic (exact) mass is 871 g/mol. The summed E-state index contributed by atoms with van der Waals surface area (Å²) in [4.78, 5) is 73.0. The van der Waals surface area contributed by atoms with E-state index < -0.39 is 89.7 Å². The zero-order chi connectivity index (χ0) is 45.1. The molecule has 0 radical (unpaired) electrons. The van der Waals surface area contributed by atoms with Crippen LogP contribution in [0.15, 0.2) is 77.6 Å². The maximum absolute atomic E-state index is 14.3. The lowest BCUT2D eigenvalue weighted by Crippen LogP contribution is -2.77. The standard InChI is InChI=1S/C40H38F5N7O10/c1-18(23-8-10-27-28(16-23)62-40(44,45)61-27)49-37(59)52-31(35(56)57)25(38(52,2)60)14-20-3-9-26(48-17-20)21-4-6-22(7-5-21)32(39(41,42)43)50-36(58)51-30(34(54)55)24(33(51)53)13-19-11-12-47-29(46)15-19/h4-8,10-12,15-18,24-25,30-32,60H,3,9,13-14H2,1-2H3,(H2,46,47)(H,49,59)(H,50,58)(H,54,55)(H,56,57)/t18-,24-,25-,30+,31+,32+,38-/m1/s1. The van der Waals surface area contributed by atoms with Gasteiger partial charge < -0.3 is 41.2 Å². The van der Waals surface area contributed by atoms with E-state index in [1.807, 2.05) is 0 Å². The van der Waals surface area contributed by atoms with Gasteiger partial charge in [-0.05, 0) is 86.1 Å². The zero-order valence-corrected chi connectivity index (χ0v) is 32.6. The van der Waals surface area contributed by atoms with Crippen LogP contribution in [0.2, 0.25) is 0 Å². The van der Waals surface area contributed by atoms with Crippen molar-refractivity contribution in [3.8, 4) is 11.5 Å². The van der Waals surface area contributed by atoms with Crippen LogP contribution in [-0.4, -0.2) is 96.0 Å². The van der Waals surface area contributed by atoms with E-state index >= 15 is 0 Å². The van der Waals surface area contributed by atoms with Crippen molar-refractivity contribution in [2.75, 3.05) is 5.73 Å². The number of nitrogens with one attached hydrogen (secondary N) is 2. The van der Waals surface area contributed by atoms with Gasteiger partial charge in [0.15, 0.2) is 23.6 Å². The number of carbonyl (C=O) groups is 5. The molecule has 7 atom stereocenters. The number of hydrogen-bond donors (Lipinski definition) is 6. The lowest BCUT2D eigenvalue weighted by Gasteiger charge is -2.57. The summed E-state index contributed by atoms with van der Waals surface area (Å²) in [6.07, 6.45) is -5.66. The van der Waals surface area contributed by atoms with Gasteiger partial charge >= 0.3 is 36.5 Å². The van der Waals surface area contributed by atoms with E-state index in [-0.39, 0.29) is 41.5 Å². The second-order valence-corrected chi connectivity index (χ2v) is 15.4. The molecule has 0 saturated carbocycles. The summed E-state index contributed by atoms with van der Waals surface area (Å²) in [7, 11) is 0. The van der Waals surface area contributed by atoms with E-state index in [1.54, 1.807) is 5.32 Å². The number of β-lactam (4-membered cyclic amide) rings is 1. The number of halogens is 5. The summed E-state index contributed by atoms with van der Waals surface area (Å²) >= 11 is 0. The summed E-state index contributed by atoms with van der Waals surface area (Å²) in [5.41, 5.74) is 5.58. The average Bonchev–Trinajstić information content (AvgIpc) is 3.51. The Labute approximate surface area is 348 Å². The average molecular weight is 872 g/mol. The number of nitrogens with zero attached hydrogens (tertiary/aromatic N) is 4. The third kappa shape index (κ3) is 8.28. The summed E-state index contributed by atoms with van der Waals surface area (Å²) in [6.45, 7) is 2.80. The minimum Gasteiger partial charge on any atom is -0.480 e.